The topological polar surface area (TPSA) is 26.3 Å². The molecule has 0 saturated heterocycles. The van der Waals surface area contributed by atoms with Gasteiger partial charge in [0.1, 0.15) is 0 Å². The fraction of sp³-hybridized carbons (Fsp3) is 0.0500. The van der Waals surface area contributed by atoms with E-state index in [1.54, 1.807) is 0 Å². The summed E-state index contributed by atoms with van der Waals surface area (Å²) in [6.45, 7) is 0. The summed E-state index contributed by atoms with van der Waals surface area (Å²) in [6.07, 6.45) is 0. The van der Waals surface area contributed by atoms with Gasteiger partial charge in [0, 0.05) is 0 Å². The summed E-state index contributed by atoms with van der Waals surface area (Å²) in [4.78, 5) is 12.2. The molecule has 2 nitrogen and oxygen atoms in total. The van der Waals surface area contributed by atoms with Gasteiger partial charge in [0.25, 0.3) is 0 Å². The molecule has 0 aliphatic rings. The Balaban J connectivity index is 2.20. The van der Waals surface area contributed by atoms with E-state index in [9.17, 15) is 4.79 Å². The number of carbonyl (C=O) groups excluding carboxylic acids is 1. The zero-order valence-electron chi connectivity index (χ0n) is 12.8. The van der Waals surface area contributed by atoms with Crippen LogP contribution in [0.3, 0.4) is 0 Å². The van der Waals surface area contributed by atoms with E-state index in [-0.39, 0.29) is 5.97 Å². The third kappa shape index (κ3) is 3.38. The Kier molecular flexibility index (Phi) is 4.95. The summed E-state index contributed by atoms with van der Waals surface area (Å²) < 4.78 is 8.67. The summed E-state index contributed by atoms with van der Waals surface area (Å²) >= 11 is -1.80. The van der Waals surface area contributed by atoms with E-state index in [2.05, 4.69) is 54.6 Å². The van der Waals surface area contributed by atoms with Crippen LogP contribution in [0, 0.1) is 0 Å². The molecule has 0 aliphatic heterocycles. The SMILES string of the molecule is COC(=O)c1ccccc1[As](c1ccccc1)c1ccccc1. The van der Waals surface area contributed by atoms with Crippen molar-refractivity contribution in [1.82, 2.24) is 0 Å². The van der Waals surface area contributed by atoms with Crippen LogP contribution in [0.25, 0.3) is 0 Å². The molecule has 0 N–H and O–H groups in total. The van der Waals surface area contributed by atoms with Crippen molar-refractivity contribution >= 4 is 33.7 Å². The van der Waals surface area contributed by atoms with Gasteiger partial charge in [0.05, 0.1) is 0 Å². The van der Waals surface area contributed by atoms with Crippen LogP contribution in [-0.2, 0) is 4.74 Å². The van der Waals surface area contributed by atoms with Crippen molar-refractivity contribution in [3.05, 3.63) is 90.5 Å². The zero-order chi connectivity index (χ0) is 16.1. The average Bonchev–Trinajstić information content (AvgIpc) is 2.63. The van der Waals surface area contributed by atoms with Crippen molar-refractivity contribution in [2.24, 2.45) is 0 Å². The molecule has 3 rings (SSSR count). The van der Waals surface area contributed by atoms with E-state index in [4.69, 9.17) is 4.74 Å². The maximum absolute atomic E-state index is 12.2. The first kappa shape index (κ1) is 15.6. The fourth-order valence-electron chi connectivity index (χ4n) is 2.53. The summed E-state index contributed by atoms with van der Waals surface area (Å²) in [6, 6.07) is 28.7. The maximum atomic E-state index is 12.2. The van der Waals surface area contributed by atoms with E-state index in [0.29, 0.717) is 5.56 Å². The van der Waals surface area contributed by atoms with Gasteiger partial charge >= 0.3 is 141 Å². The Morgan fingerprint density at radius 3 is 1.74 bits per heavy atom. The summed E-state index contributed by atoms with van der Waals surface area (Å²) in [5.74, 6) is -0.271. The number of hydrogen-bond acceptors (Lipinski definition) is 2. The predicted octanol–water partition coefficient (Wildman–Crippen LogP) is 1.99. The number of rotatable bonds is 4. The molecule has 0 fully saturated rings. The van der Waals surface area contributed by atoms with Gasteiger partial charge in [0.2, 0.25) is 0 Å². The van der Waals surface area contributed by atoms with Crippen molar-refractivity contribution in [2.45, 2.75) is 0 Å². The Hall–Kier alpha value is -2.31. The number of hydrogen-bond donors (Lipinski definition) is 0. The van der Waals surface area contributed by atoms with Crippen molar-refractivity contribution in [3.63, 3.8) is 0 Å². The van der Waals surface area contributed by atoms with Gasteiger partial charge in [-0.3, -0.25) is 0 Å². The predicted molar refractivity (Wildman–Crippen MR) is 95.3 cm³/mol. The second-order valence-corrected chi connectivity index (χ2v) is 9.60. The van der Waals surface area contributed by atoms with Crippen LogP contribution in [-0.4, -0.2) is 27.7 Å². The molecular formula is C20H17AsO2. The second-order valence-electron chi connectivity index (χ2n) is 5.02. The second kappa shape index (κ2) is 7.30. The van der Waals surface area contributed by atoms with Crippen LogP contribution in [0.4, 0.5) is 0 Å². The molecule has 0 saturated carbocycles. The molecule has 0 bridgehead atoms. The van der Waals surface area contributed by atoms with E-state index >= 15 is 0 Å². The quantitative estimate of drug-likeness (QED) is 0.523. The summed E-state index contributed by atoms with van der Waals surface area (Å²) in [5, 5.41) is 0. The van der Waals surface area contributed by atoms with Crippen LogP contribution in [0.2, 0.25) is 0 Å². The number of ether oxygens (including phenoxy) is 1. The molecule has 0 amide bonds. The summed E-state index contributed by atoms with van der Waals surface area (Å²) in [5.41, 5.74) is 0.669. The number of carbonyl (C=O) groups is 1. The molecule has 0 atom stereocenters. The first-order valence-corrected chi connectivity index (χ1v) is 10.2. The Morgan fingerprint density at radius 1 is 0.739 bits per heavy atom. The molecule has 0 aliphatic carbocycles. The van der Waals surface area contributed by atoms with Gasteiger partial charge in [-0.25, -0.2) is 0 Å². The van der Waals surface area contributed by atoms with Crippen LogP contribution in [0.5, 0.6) is 0 Å². The van der Waals surface area contributed by atoms with Crippen molar-refractivity contribution in [2.75, 3.05) is 7.11 Å². The normalized spacial score (nSPS) is 10.5. The van der Waals surface area contributed by atoms with E-state index in [0.717, 1.165) is 4.35 Å². The van der Waals surface area contributed by atoms with E-state index in [1.165, 1.54) is 15.8 Å². The van der Waals surface area contributed by atoms with E-state index in [1.807, 2.05) is 30.3 Å². The molecule has 0 aromatic heterocycles. The molecule has 114 valence electrons. The van der Waals surface area contributed by atoms with Crippen molar-refractivity contribution in [3.8, 4) is 0 Å². The standard InChI is InChI=1S/C20H17AsO2/c1-23-20(22)18-14-8-9-15-19(18)21(16-10-4-2-5-11-16)17-12-6-3-7-13-17/h2-15H,1H3. The van der Waals surface area contributed by atoms with Gasteiger partial charge in [-0.05, 0) is 0 Å². The number of esters is 1. The number of methoxy groups -OCH3 is 1. The van der Waals surface area contributed by atoms with Crippen molar-refractivity contribution < 1.29 is 9.53 Å². The third-order valence-electron chi connectivity index (χ3n) is 3.58. The number of benzene rings is 3. The van der Waals surface area contributed by atoms with E-state index < -0.39 is 14.7 Å². The molecule has 23 heavy (non-hydrogen) atoms. The Bertz CT molecular complexity index is 746. The van der Waals surface area contributed by atoms with Gasteiger partial charge in [-0.15, -0.1) is 0 Å². The van der Waals surface area contributed by atoms with Crippen LogP contribution in [0.15, 0.2) is 84.9 Å². The van der Waals surface area contributed by atoms with Crippen molar-refractivity contribution in [1.29, 1.82) is 0 Å². The fourth-order valence-corrected chi connectivity index (χ4v) is 7.65. The Morgan fingerprint density at radius 2 is 1.22 bits per heavy atom. The van der Waals surface area contributed by atoms with Gasteiger partial charge in [-0.1, -0.05) is 0 Å². The van der Waals surface area contributed by atoms with Gasteiger partial charge < -0.3 is 0 Å². The van der Waals surface area contributed by atoms with Gasteiger partial charge in [0.15, 0.2) is 0 Å². The molecule has 0 unspecified atom stereocenters. The monoisotopic (exact) mass is 364 g/mol. The molecule has 3 aromatic carbocycles. The molecule has 0 spiro atoms. The molecule has 0 radical (unpaired) electrons. The minimum atomic E-state index is -1.80. The van der Waals surface area contributed by atoms with Gasteiger partial charge in [-0.2, -0.15) is 0 Å². The Labute approximate surface area is 141 Å². The van der Waals surface area contributed by atoms with Crippen LogP contribution < -0.4 is 13.1 Å². The molecule has 3 heteroatoms. The minimum absolute atomic E-state index is 0.271. The summed E-state index contributed by atoms with van der Waals surface area (Å²) in [7, 11) is 1.43. The third-order valence-corrected chi connectivity index (χ3v) is 8.83. The van der Waals surface area contributed by atoms with Crippen LogP contribution >= 0.6 is 0 Å². The average molecular weight is 364 g/mol. The first-order chi connectivity index (χ1) is 11.3. The molecular weight excluding hydrogens is 347 g/mol. The zero-order valence-corrected chi connectivity index (χ0v) is 14.7. The van der Waals surface area contributed by atoms with Crippen LogP contribution in [0.1, 0.15) is 10.4 Å². The molecule has 0 heterocycles. The molecule has 3 aromatic rings. The first-order valence-electron chi connectivity index (χ1n) is 7.39.